The molecule has 20 heavy (non-hydrogen) atoms. The molecule has 6 heteroatoms. The summed E-state index contributed by atoms with van der Waals surface area (Å²) in [6, 6.07) is 3.54. The van der Waals surface area contributed by atoms with Gasteiger partial charge in [-0.15, -0.1) is 0 Å². The molecule has 2 rings (SSSR count). The first-order valence-corrected chi connectivity index (χ1v) is 6.79. The van der Waals surface area contributed by atoms with Gasteiger partial charge in [0.2, 0.25) is 0 Å². The lowest BCUT2D eigenvalue weighted by molar-refractivity contribution is 0.0695. The van der Waals surface area contributed by atoms with Crippen LogP contribution < -0.4 is 5.73 Å². The fraction of sp³-hybridized carbons (Fsp3) is 0.500. The van der Waals surface area contributed by atoms with E-state index in [4.69, 9.17) is 10.9 Å². The zero-order chi connectivity index (χ0) is 14.7. The average molecular weight is 276 g/mol. The van der Waals surface area contributed by atoms with Crippen LogP contribution in [0.4, 0.5) is 0 Å². The molecule has 6 nitrogen and oxygen atoms in total. The van der Waals surface area contributed by atoms with Gasteiger partial charge in [0.15, 0.2) is 5.84 Å². The van der Waals surface area contributed by atoms with E-state index < -0.39 is 0 Å². The highest BCUT2D eigenvalue weighted by atomic mass is 16.4. The largest absolute Gasteiger partial charge is 0.409 e. The Kier molecular flexibility index (Phi) is 4.22. The molecule has 1 aromatic rings. The highest BCUT2D eigenvalue weighted by Crippen LogP contribution is 2.25. The van der Waals surface area contributed by atoms with Crippen molar-refractivity contribution in [2.45, 2.75) is 32.7 Å². The summed E-state index contributed by atoms with van der Waals surface area (Å²) in [7, 11) is 0. The first-order valence-electron chi connectivity index (χ1n) is 6.79. The summed E-state index contributed by atoms with van der Waals surface area (Å²) in [5, 5.41) is 11.5. The van der Waals surface area contributed by atoms with Crippen LogP contribution in [0.3, 0.4) is 0 Å². The van der Waals surface area contributed by atoms with Gasteiger partial charge in [-0.1, -0.05) is 19.0 Å². The Morgan fingerprint density at radius 2 is 2.30 bits per heavy atom. The number of aromatic nitrogens is 1. The third-order valence-electron chi connectivity index (χ3n) is 3.72. The van der Waals surface area contributed by atoms with Crippen molar-refractivity contribution in [2.75, 3.05) is 6.54 Å². The van der Waals surface area contributed by atoms with Gasteiger partial charge in [0, 0.05) is 24.3 Å². The van der Waals surface area contributed by atoms with Crippen LogP contribution >= 0.6 is 0 Å². The maximum absolute atomic E-state index is 12.5. The quantitative estimate of drug-likeness (QED) is 0.378. The van der Waals surface area contributed by atoms with Gasteiger partial charge in [-0.05, 0) is 30.9 Å². The molecule has 1 fully saturated rings. The van der Waals surface area contributed by atoms with Gasteiger partial charge in [-0.3, -0.25) is 9.78 Å². The molecule has 0 bridgehead atoms. The van der Waals surface area contributed by atoms with E-state index in [1.54, 1.807) is 12.1 Å². The molecule has 0 aromatic carbocycles. The molecule has 108 valence electrons. The third-order valence-corrected chi connectivity index (χ3v) is 3.72. The van der Waals surface area contributed by atoms with E-state index in [0.717, 1.165) is 19.4 Å². The molecule has 0 radical (unpaired) electrons. The first-order chi connectivity index (χ1) is 9.54. The second-order valence-corrected chi connectivity index (χ2v) is 5.37. The van der Waals surface area contributed by atoms with Gasteiger partial charge in [0.05, 0.1) is 0 Å². The van der Waals surface area contributed by atoms with Crippen LogP contribution in [0.25, 0.3) is 0 Å². The van der Waals surface area contributed by atoms with Crippen molar-refractivity contribution in [3.63, 3.8) is 0 Å². The normalized spacial score (nSPS) is 19.6. The number of likely N-dealkylation sites (tertiary alicyclic amines) is 1. The molecule has 2 heterocycles. The Balaban J connectivity index is 2.17. The van der Waals surface area contributed by atoms with Crippen molar-refractivity contribution in [3.8, 4) is 0 Å². The van der Waals surface area contributed by atoms with E-state index in [1.165, 1.54) is 6.20 Å². The van der Waals surface area contributed by atoms with E-state index in [-0.39, 0.29) is 17.8 Å². The number of hydrogen-bond acceptors (Lipinski definition) is 4. The number of rotatable bonds is 3. The molecule has 3 N–H and O–H groups in total. The summed E-state index contributed by atoms with van der Waals surface area (Å²) >= 11 is 0. The number of pyridine rings is 1. The molecule has 1 amide bonds. The zero-order valence-corrected chi connectivity index (χ0v) is 11.8. The van der Waals surface area contributed by atoms with Crippen molar-refractivity contribution >= 4 is 11.7 Å². The van der Waals surface area contributed by atoms with Crippen LogP contribution in [-0.4, -0.2) is 39.4 Å². The molecule has 1 aliphatic rings. The smallest absolute Gasteiger partial charge is 0.272 e. The monoisotopic (exact) mass is 276 g/mol. The van der Waals surface area contributed by atoms with E-state index in [9.17, 15) is 4.79 Å². The predicted octanol–water partition coefficient (Wildman–Crippen LogP) is 1.44. The molecule has 1 saturated heterocycles. The predicted molar refractivity (Wildman–Crippen MR) is 75.6 cm³/mol. The highest BCUT2D eigenvalue weighted by Gasteiger charge is 2.31. The number of amides is 1. The van der Waals surface area contributed by atoms with Crippen molar-refractivity contribution in [1.29, 1.82) is 0 Å². The molecular formula is C14H20N4O2. The molecule has 1 aliphatic heterocycles. The summed E-state index contributed by atoms with van der Waals surface area (Å²) in [5.74, 6) is 0.378. The fourth-order valence-electron chi connectivity index (χ4n) is 2.61. The van der Waals surface area contributed by atoms with Gasteiger partial charge in [-0.2, -0.15) is 0 Å². The lowest BCUT2D eigenvalue weighted by Gasteiger charge is -2.27. The van der Waals surface area contributed by atoms with Crippen molar-refractivity contribution < 1.29 is 10.0 Å². The molecule has 1 unspecified atom stereocenters. The molecule has 1 aromatic heterocycles. The van der Waals surface area contributed by atoms with Gasteiger partial charge in [-0.25, -0.2) is 0 Å². The Morgan fingerprint density at radius 1 is 1.55 bits per heavy atom. The lowest BCUT2D eigenvalue weighted by atomic mass is 10.0. The summed E-state index contributed by atoms with van der Waals surface area (Å²) < 4.78 is 0. The van der Waals surface area contributed by atoms with E-state index in [2.05, 4.69) is 24.0 Å². The van der Waals surface area contributed by atoms with E-state index >= 15 is 0 Å². The number of amidine groups is 1. The molecule has 1 atom stereocenters. The van der Waals surface area contributed by atoms with E-state index in [1.807, 2.05) is 4.90 Å². The van der Waals surface area contributed by atoms with Crippen LogP contribution in [0, 0.1) is 5.92 Å². The van der Waals surface area contributed by atoms with Gasteiger partial charge < -0.3 is 15.8 Å². The summed E-state index contributed by atoms with van der Waals surface area (Å²) in [4.78, 5) is 18.5. The van der Waals surface area contributed by atoms with E-state index in [0.29, 0.717) is 17.2 Å². The molecular weight excluding hydrogens is 256 g/mol. The zero-order valence-electron chi connectivity index (χ0n) is 11.8. The summed E-state index contributed by atoms with van der Waals surface area (Å²) in [6.07, 6.45) is 3.53. The Hall–Kier alpha value is -2.11. The Bertz CT molecular complexity index is 510. The Labute approximate surface area is 118 Å². The van der Waals surface area contributed by atoms with Crippen molar-refractivity contribution in [2.24, 2.45) is 16.8 Å². The van der Waals surface area contributed by atoms with Gasteiger partial charge in [0.1, 0.15) is 5.69 Å². The molecule has 0 spiro atoms. The minimum Gasteiger partial charge on any atom is -0.409 e. The van der Waals surface area contributed by atoms with Crippen LogP contribution in [0.1, 0.15) is 42.7 Å². The molecule has 0 aliphatic carbocycles. The van der Waals surface area contributed by atoms with Gasteiger partial charge in [0.25, 0.3) is 5.91 Å². The minimum atomic E-state index is -0.0488. The van der Waals surface area contributed by atoms with Crippen LogP contribution in [0.2, 0.25) is 0 Å². The third kappa shape index (κ3) is 2.74. The van der Waals surface area contributed by atoms with Crippen LogP contribution in [0.15, 0.2) is 23.5 Å². The second-order valence-electron chi connectivity index (χ2n) is 5.37. The second kappa shape index (κ2) is 5.90. The van der Waals surface area contributed by atoms with Gasteiger partial charge >= 0.3 is 0 Å². The fourth-order valence-corrected chi connectivity index (χ4v) is 2.61. The van der Waals surface area contributed by atoms with Crippen molar-refractivity contribution in [1.82, 2.24) is 9.88 Å². The average Bonchev–Trinajstić information content (AvgIpc) is 2.95. The van der Waals surface area contributed by atoms with Crippen molar-refractivity contribution in [3.05, 3.63) is 29.6 Å². The SMILES string of the molecule is CC(C)C1CCCN1C(=O)c1ccc(C(N)=NO)cn1. The standard InChI is InChI=1S/C14H20N4O2/c1-9(2)12-4-3-7-18(12)14(19)11-6-5-10(8-16-11)13(15)17-20/h5-6,8-9,12,20H,3-4,7H2,1-2H3,(H2,15,17). The number of oxime groups is 1. The van der Waals surface area contributed by atoms with Crippen LogP contribution in [0.5, 0.6) is 0 Å². The highest BCUT2D eigenvalue weighted by molar-refractivity contribution is 5.98. The first kappa shape index (κ1) is 14.3. The maximum atomic E-state index is 12.5. The Morgan fingerprint density at radius 3 is 2.85 bits per heavy atom. The number of carbonyl (C=O) groups excluding carboxylic acids is 1. The molecule has 0 saturated carbocycles. The van der Waals surface area contributed by atoms with Crippen LogP contribution in [-0.2, 0) is 0 Å². The number of nitrogens with zero attached hydrogens (tertiary/aromatic N) is 3. The number of nitrogens with two attached hydrogens (primary N) is 1. The number of hydrogen-bond donors (Lipinski definition) is 2. The summed E-state index contributed by atoms with van der Waals surface area (Å²) in [5.41, 5.74) is 6.36. The summed E-state index contributed by atoms with van der Waals surface area (Å²) in [6.45, 7) is 5.04. The minimum absolute atomic E-state index is 0.0160. The topological polar surface area (TPSA) is 91.8 Å². The maximum Gasteiger partial charge on any atom is 0.272 e. The lowest BCUT2D eigenvalue weighted by Crippen LogP contribution is -2.38. The number of carbonyl (C=O) groups is 1.